The molecule has 0 unspecified atom stereocenters. The lowest BCUT2D eigenvalue weighted by atomic mass is 10.6. The summed E-state index contributed by atoms with van der Waals surface area (Å²) in [7, 11) is 1.67. The number of aromatic nitrogens is 1. The van der Waals surface area contributed by atoms with E-state index in [2.05, 4.69) is 4.98 Å². The molecule has 1 rings (SSSR count). The smallest absolute Gasteiger partial charge is 0.158 e. The van der Waals surface area contributed by atoms with Gasteiger partial charge in [-0.15, -0.1) is 11.3 Å². The number of methoxy groups -OCH3 is 1. The number of hydrogen-bond acceptors (Lipinski definition) is 3. The predicted molar refractivity (Wildman–Crippen MR) is 40.2 cm³/mol. The van der Waals surface area contributed by atoms with Crippen molar-refractivity contribution in [2.45, 2.75) is 6.61 Å². The van der Waals surface area contributed by atoms with E-state index in [1.807, 2.05) is 6.20 Å². The van der Waals surface area contributed by atoms with Crippen LogP contribution in [0, 0.1) is 3.95 Å². The van der Waals surface area contributed by atoms with Gasteiger partial charge in [-0.05, 0) is 12.2 Å². The van der Waals surface area contributed by atoms with Gasteiger partial charge in [0.2, 0.25) is 0 Å². The fraction of sp³-hybridized carbons (Fsp3) is 0.400. The summed E-state index contributed by atoms with van der Waals surface area (Å²) in [5.41, 5.74) is 0. The second kappa shape index (κ2) is 3.10. The zero-order valence-corrected chi connectivity index (χ0v) is 6.64. The van der Waals surface area contributed by atoms with Crippen LogP contribution in [0.1, 0.15) is 4.88 Å². The summed E-state index contributed by atoms with van der Waals surface area (Å²) in [5.74, 6) is 0. The Bertz CT molecular complexity index is 227. The summed E-state index contributed by atoms with van der Waals surface area (Å²) in [6.07, 6.45) is 1.87. The molecule has 1 N–H and O–H groups in total. The molecule has 0 saturated carbocycles. The first-order chi connectivity index (χ1) is 4.33. The summed E-state index contributed by atoms with van der Waals surface area (Å²) in [6.45, 7) is 0.651. The number of ether oxygens (including phenoxy) is 1. The molecule has 0 amide bonds. The Labute approximate surface area is 62.5 Å². The van der Waals surface area contributed by atoms with Gasteiger partial charge in [0, 0.05) is 18.2 Å². The normalized spacial score (nSPS) is 9.89. The number of H-pyrrole nitrogens is 1. The van der Waals surface area contributed by atoms with Gasteiger partial charge < -0.3 is 9.72 Å². The van der Waals surface area contributed by atoms with Crippen molar-refractivity contribution < 1.29 is 4.74 Å². The molecule has 2 nitrogen and oxygen atoms in total. The van der Waals surface area contributed by atoms with Crippen LogP contribution in [0.4, 0.5) is 0 Å². The zero-order chi connectivity index (χ0) is 6.69. The number of nitrogens with one attached hydrogen (secondary N) is 1. The van der Waals surface area contributed by atoms with Gasteiger partial charge in [-0.25, -0.2) is 0 Å². The summed E-state index contributed by atoms with van der Waals surface area (Å²) in [4.78, 5) is 4.05. The summed E-state index contributed by atoms with van der Waals surface area (Å²) < 4.78 is 5.69. The molecular weight excluding hydrogens is 154 g/mol. The van der Waals surface area contributed by atoms with Crippen molar-refractivity contribution in [3.05, 3.63) is 15.0 Å². The molecule has 0 saturated heterocycles. The zero-order valence-electron chi connectivity index (χ0n) is 5.01. The molecule has 0 aliphatic carbocycles. The van der Waals surface area contributed by atoms with Crippen LogP contribution in [0.2, 0.25) is 0 Å². The quantitative estimate of drug-likeness (QED) is 0.671. The van der Waals surface area contributed by atoms with Crippen molar-refractivity contribution in [1.82, 2.24) is 4.98 Å². The van der Waals surface area contributed by atoms with E-state index in [0.717, 1.165) is 8.83 Å². The highest BCUT2D eigenvalue weighted by atomic mass is 32.1. The van der Waals surface area contributed by atoms with Crippen molar-refractivity contribution >= 4 is 23.6 Å². The lowest BCUT2D eigenvalue weighted by Crippen LogP contribution is -1.79. The lowest BCUT2D eigenvalue weighted by molar-refractivity contribution is 0.187. The van der Waals surface area contributed by atoms with E-state index in [4.69, 9.17) is 17.0 Å². The number of rotatable bonds is 2. The maximum Gasteiger partial charge on any atom is 0.158 e. The van der Waals surface area contributed by atoms with Gasteiger partial charge in [0.25, 0.3) is 0 Å². The maximum atomic E-state index is 4.89. The van der Waals surface area contributed by atoms with Gasteiger partial charge in [0.1, 0.15) is 0 Å². The van der Waals surface area contributed by atoms with E-state index in [1.54, 1.807) is 18.4 Å². The summed E-state index contributed by atoms with van der Waals surface area (Å²) in [5, 5.41) is 0. The Morgan fingerprint density at radius 1 is 1.89 bits per heavy atom. The van der Waals surface area contributed by atoms with Crippen molar-refractivity contribution in [1.29, 1.82) is 0 Å². The van der Waals surface area contributed by atoms with Crippen LogP contribution in [-0.4, -0.2) is 12.1 Å². The van der Waals surface area contributed by atoms with Gasteiger partial charge in [0.05, 0.1) is 6.61 Å². The second-order valence-corrected chi connectivity index (χ2v) is 3.38. The van der Waals surface area contributed by atoms with Crippen LogP contribution in [0.3, 0.4) is 0 Å². The van der Waals surface area contributed by atoms with Crippen LogP contribution in [0.15, 0.2) is 6.20 Å². The molecule has 0 atom stereocenters. The molecule has 1 aromatic heterocycles. The minimum Gasteiger partial charge on any atom is -0.379 e. The highest BCUT2D eigenvalue weighted by Crippen LogP contribution is 2.08. The van der Waals surface area contributed by atoms with Gasteiger partial charge in [-0.1, -0.05) is 0 Å². The average molecular weight is 161 g/mol. The molecule has 0 bridgehead atoms. The molecule has 0 aromatic carbocycles. The average Bonchev–Trinajstić information content (AvgIpc) is 2.17. The molecule has 1 heterocycles. The molecule has 0 spiro atoms. The maximum absolute atomic E-state index is 4.89. The van der Waals surface area contributed by atoms with Crippen molar-refractivity contribution in [3.8, 4) is 0 Å². The Hall–Kier alpha value is -0.190. The van der Waals surface area contributed by atoms with Crippen molar-refractivity contribution in [3.63, 3.8) is 0 Å². The number of thiazole rings is 1. The van der Waals surface area contributed by atoms with Gasteiger partial charge in [-0.3, -0.25) is 0 Å². The van der Waals surface area contributed by atoms with Crippen LogP contribution in [0.25, 0.3) is 0 Å². The SMILES string of the molecule is COCc1c[nH]c(=S)s1. The molecule has 9 heavy (non-hydrogen) atoms. The fourth-order valence-corrected chi connectivity index (χ4v) is 1.56. The van der Waals surface area contributed by atoms with Gasteiger partial charge in [-0.2, -0.15) is 0 Å². The number of aromatic amines is 1. The highest BCUT2D eigenvalue weighted by molar-refractivity contribution is 7.73. The van der Waals surface area contributed by atoms with Crippen molar-refractivity contribution in [2.75, 3.05) is 7.11 Å². The highest BCUT2D eigenvalue weighted by Gasteiger charge is 1.90. The fourth-order valence-electron chi connectivity index (χ4n) is 0.531. The van der Waals surface area contributed by atoms with Crippen LogP contribution < -0.4 is 0 Å². The molecule has 0 fully saturated rings. The third-order valence-electron chi connectivity index (χ3n) is 0.861. The first kappa shape index (κ1) is 6.92. The topological polar surface area (TPSA) is 25.0 Å². The Kier molecular flexibility index (Phi) is 2.38. The van der Waals surface area contributed by atoms with E-state index in [0.29, 0.717) is 6.61 Å². The third-order valence-corrected chi connectivity index (χ3v) is 2.03. The van der Waals surface area contributed by atoms with Crippen LogP contribution in [-0.2, 0) is 11.3 Å². The van der Waals surface area contributed by atoms with Crippen LogP contribution in [0.5, 0.6) is 0 Å². The molecule has 0 radical (unpaired) electrons. The van der Waals surface area contributed by atoms with E-state index >= 15 is 0 Å². The Morgan fingerprint density at radius 2 is 2.67 bits per heavy atom. The van der Waals surface area contributed by atoms with E-state index in [9.17, 15) is 0 Å². The molecule has 1 aromatic rings. The first-order valence-electron chi connectivity index (χ1n) is 2.49. The molecule has 0 aliphatic rings. The van der Waals surface area contributed by atoms with Gasteiger partial charge >= 0.3 is 0 Å². The monoisotopic (exact) mass is 161 g/mol. The Balaban J connectivity index is 2.73. The lowest BCUT2D eigenvalue weighted by Gasteiger charge is -1.88. The molecular formula is C5H7NOS2. The predicted octanol–water partition coefficient (Wildman–Crippen LogP) is 1.95. The van der Waals surface area contributed by atoms with Crippen molar-refractivity contribution in [2.24, 2.45) is 0 Å². The minimum atomic E-state index is 0.651. The van der Waals surface area contributed by atoms with E-state index in [1.165, 1.54) is 0 Å². The van der Waals surface area contributed by atoms with Crippen LogP contribution >= 0.6 is 23.6 Å². The van der Waals surface area contributed by atoms with E-state index in [-0.39, 0.29) is 0 Å². The second-order valence-electron chi connectivity index (χ2n) is 1.58. The number of hydrogen-bond donors (Lipinski definition) is 1. The molecule has 4 heteroatoms. The standard InChI is InChI=1S/C5H7NOS2/c1-7-3-4-2-6-5(8)9-4/h2H,3H2,1H3,(H,6,8). The Morgan fingerprint density at radius 3 is 3.11 bits per heavy atom. The molecule has 50 valence electrons. The van der Waals surface area contributed by atoms with Gasteiger partial charge in [0.15, 0.2) is 3.95 Å². The first-order valence-corrected chi connectivity index (χ1v) is 3.71. The summed E-state index contributed by atoms with van der Waals surface area (Å²) >= 11 is 6.40. The summed E-state index contributed by atoms with van der Waals surface area (Å²) in [6, 6.07) is 0. The minimum absolute atomic E-state index is 0.651. The third kappa shape index (κ3) is 1.89. The molecule has 0 aliphatic heterocycles. The largest absolute Gasteiger partial charge is 0.379 e. The van der Waals surface area contributed by atoms with E-state index < -0.39 is 0 Å².